The Balaban J connectivity index is 1.85. The van der Waals surface area contributed by atoms with Gasteiger partial charge in [0.15, 0.2) is 0 Å². The second kappa shape index (κ2) is 6.56. The number of rotatable bonds is 5. The van der Waals surface area contributed by atoms with Crippen LogP contribution in [0, 0.1) is 0 Å². The first-order chi connectivity index (χ1) is 9.68. The number of amides is 1. The molecule has 2 rings (SSSR count). The van der Waals surface area contributed by atoms with E-state index in [9.17, 15) is 4.79 Å². The summed E-state index contributed by atoms with van der Waals surface area (Å²) in [6.45, 7) is 0.294. The van der Waals surface area contributed by atoms with Crippen LogP contribution in [-0.4, -0.2) is 24.5 Å². The van der Waals surface area contributed by atoms with Crippen LogP contribution >= 0.6 is 0 Å². The summed E-state index contributed by atoms with van der Waals surface area (Å²) in [5, 5.41) is 0. The maximum absolute atomic E-state index is 12.0. The van der Waals surface area contributed by atoms with Crippen LogP contribution in [0.15, 0.2) is 48.8 Å². The lowest BCUT2D eigenvalue weighted by atomic mass is 10.3. The molecule has 104 valence electrons. The van der Waals surface area contributed by atoms with Crippen LogP contribution in [0.3, 0.4) is 0 Å². The van der Waals surface area contributed by atoms with E-state index in [4.69, 9.17) is 10.5 Å². The molecule has 0 spiro atoms. The maximum Gasteiger partial charge on any atom is 0.230 e. The minimum absolute atomic E-state index is 0.0225. The monoisotopic (exact) mass is 271 g/mol. The normalized spacial score (nSPS) is 10.1. The first-order valence-corrected chi connectivity index (χ1v) is 6.32. The zero-order valence-electron chi connectivity index (χ0n) is 11.3. The molecule has 0 saturated carbocycles. The van der Waals surface area contributed by atoms with E-state index in [0.29, 0.717) is 18.0 Å². The third-order valence-corrected chi connectivity index (χ3v) is 2.92. The third kappa shape index (κ3) is 3.47. The first-order valence-electron chi connectivity index (χ1n) is 6.32. The zero-order chi connectivity index (χ0) is 14.4. The van der Waals surface area contributed by atoms with Gasteiger partial charge in [-0.3, -0.25) is 9.78 Å². The van der Waals surface area contributed by atoms with Crippen LogP contribution < -0.4 is 15.4 Å². The Morgan fingerprint density at radius 3 is 2.65 bits per heavy atom. The lowest BCUT2D eigenvalue weighted by molar-refractivity contribution is -0.118. The molecule has 2 N–H and O–H groups in total. The Morgan fingerprint density at radius 1 is 1.25 bits per heavy atom. The van der Waals surface area contributed by atoms with Crippen molar-refractivity contribution in [2.24, 2.45) is 0 Å². The van der Waals surface area contributed by atoms with Crippen LogP contribution in [0.4, 0.5) is 11.4 Å². The highest BCUT2D eigenvalue weighted by molar-refractivity contribution is 5.92. The molecule has 0 unspecified atom stereocenters. The van der Waals surface area contributed by atoms with Crippen molar-refractivity contribution in [3.05, 3.63) is 48.8 Å². The molecule has 0 aliphatic carbocycles. The number of nitrogens with zero attached hydrogens (tertiary/aromatic N) is 2. The van der Waals surface area contributed by atoms with E-state index in [1.54, 1.807) is 48.6 Å². The van der Waals surface area contributed by atoms with Crippen molar-refractivity contribution in [2.75, 3.05) is 24.3 Å². The number of nitrogen functional groups attached to an aromatic ring is 1. The highest BCUT2D eigenvalue weighted by atomic mass is 16.5. The molecule has 0 fully saturated rings. The summed E-state index contributed by atoms with van der Waals surface area (Å²) in [6, 6.07) is 10.8. The van der Waals surface area contributed by atoms with Gasteiger partial charge in [0.2, 0.25) is 5.91 Å². The van der Waals surface area contributed by atoms with Gasteiger partial charge in [-0.2, -0.15) is 0 Å². The van der Waals surface area contributed by atoms with Gasteiger partial charge in [0, 0.05) is 25.1 Å². The molecule has 0 saturated heterocycles. The molecule has 1 aromatic carbocycles. The van der Waals surface area contributed by atoms with Crippen molar-refractivity contribution in [1.29, 1.82) is 0 Å². The van der Waals surface area contributed by atoms with Gasteiger partial charge in [0.05, 0.1) is 18.7 Å². The topological polar surface area (TPSA) is 68.5 Å². The molecule has 0 aliphatic rings. The Labute approximate surface area is 118 Å². The van der Waals surface area contributed by atoms with E-state index >= 15 is 0 Å². The van der Waals surface area contributed by atoms with Crippen LogP contribution in [-0.2, 0) is 4.79 Å². The Kier molecular flexibility index (Phi) is 4.55. The Morgan fingerprint density at radius 2 is 1.95 bits per heavy atom. The second-order valence-corrected chi connectivity index (χ2v) is 4.29. The fraction of sp³-hybridized carbons (Fsp3) is 0.200. The molecular formula is C15H17N3O2. The number of para-hydroxylation sites is 2. The van der Waals surface area contributed by atoms with Crippen molar-refractivity contribution in [1.82, 2.24) is 4.98 Å². The molecule has 5 nitrogen and oxygen atoms in total. The lowest BCUT2D eigenvalue weighted by Crippen LogP contribution is -2.27. The molecule has 1 amide bonds. The number of hydrogen-bond donors (Lipinski definition) is 1. The van der Waals surface area contributed by atoms with Gasteiger partial charge in [-0.15, -0.1) is 0 Å². The average Bonchev–Trinajstić information content (AvgIpc) is 2.49. The molecule has 0 aliphatic heterocycles. The largest absolute Gasteiger partial charge is 0.491 e. The standard InChI is InChI=1S/C15H17N3O2/c1-18(12-6-9-17-10-7-12)15(19)8-11-20-14-5-3-2-4-13(14)16/h2-7,9-10H,8,11,16H2,1H3. The van der Waals surface area contributed by atoms with Gasteiger partial charge in [0.25, 0.3) is 0 Å². The fourth-order valence-electron chi connectivity index (χ4n) is 1.74. The predicted octanol–water partition coefficient (Wildman–Crippen LogP) is 2.10. The second-order valence-electron chi connectivity index (χ2n) is 4.29. The molecule has 0 bridgehead atoms. The van der Waals surface area contributed by atoms with E-state index in [-0.39, 0.29) is 12.3 Å². The van der Waals surface area contributed by atoms with Crippen molar-refractivity contribution < 1.29 is 9.53 Å². The number of hydrogen-bond acceptors (Lipinski definition) is 4. The van der Waals surface area contributed by atoms with Crippen molar-refractivity contribution in [2.45, 2.75) is 6.42 Å². The maximum atomic E-state index is 12.0. The average molecular weight is 271 g/mol. The van der Waals surface area contributed by atoms with E-state index in [1.165, 1.54) is 0 Å². The first kappa shape index (κ1) is 13.9. The Bertz CT molecular complexity index is 572. The van der Waals surface area contributed by atoms with Gasteiger partial charge >= 0.3 is 0 Å². The van der Waals surface area contributed by atoms with Crippen LogP contribution in [0.1, 0.15) is 6.42 Å². The summed E-state index contributed by atoms with van der Waals surface area (Å²) in [5.74, 6) is 0.581. The quantitative estimate of drug-likeness (QED) is 0.845. The molecular weight excluding hydrogens is 254 g/mol. The van der Waals surface area contributed by atoms with Crippen LogP contribution in [0.25, 0.3) is 0 Å². The Hall–Kier alpha value is -2.56. The van der Waals surface area contributed by atoms with E-state index in [2.05, 4.69) is 4.98 Å². The third-order valence-electron chi connectivity index (χ3n) is 2.92. The zero-order valence-corrected chi connectivity index (χ0v) is 11.3. The number of carbonyl (C=O) groups is 1. The highest BCUT2D eigenvalue weighted by Gasteiger charge is 2.10. The number of benzene rings is 1. The minimum atomic E-state index is -0.0225. The molecule has 0 radical (unpaired) electrons. The predicted molar refractivity (Wildman–Crippen MR) is 78.6 cm³/mol. The van der Waals surface area contributed by atoms with E-state index < -0.39 is 0 Å². The van der Waals surface area contributed by atoms with Crippen LogP contribution in [0.5, 0.6) is 5.75 Å². The fourth-order valence-corrected chi connectivity index (χ4v) is 1.74. The summed E-state index contributed by atoms with van der Waals surface area (Å²) >= 11 is 0. The number of carbonyl (C=O) groups excluding carboxylic acids is 1. The van der Waals surface area contributed by atoms with Crippen molar-refractivity contribution in [3.8, 4) is 5.75 Å². The smallest absolute Gasteiger partial charge is 0.230 e. The van der Waals surface area contributed by atoms with E-state index in [1.807, 2.05) is 12.1 Å². The summed E-state index contributed by atoms with van der Waals surface area (Å²) < 4.78 is 5.51. The number of ether oxygens (including phenoxy) is 1. The lowest BCUT2D eigenvalue weighted by Gasteiger charge is -2.17. The molecule has 5 heteroatoms. The number of anilines is 2. The van der Waals surface area contributed by atoms with Gasteiger partial charge in [-0.05, 0) is 24.3 Å². The molecule has 1 aromatic heterocycles. The highest BCUT2D eigenvalue weighted by Crippen LogP contribution is 2.20. The summed E-state index contributed by atoms with van der Waals surface area (Å²) in [5.41, 5.74) is 7.14. The number of aromatic nitrogens is 1. The van der Waals surface area contributed by atoms with Crippen LogP contribution in [0.2, 0.25) is 0 Å². The molecule has 1 heterocycles. The summed E-state index contributed by atoms with van der Waals surface area (Å²) in [7, 11) is 1.73. The molecule has 0 atom stereocenters. The van der Waals surface area contributed by atoms with Gasteiger partial charge in [0.1, 0.15) is 5.75 Å². The molecule has 20 heavy (non-hydrogen) atoms. The van der Waals surface area contributed by atoms with Crippen molar-refractivity contribution in [3.63, 3.8) is 0 Å². The summed E-state index contributed by atoms with van der Waals surface area (Å²) in [4.78, 5) is 17.5. The number of nitrogens with two attached hydrogens (primary N) is 1. The van der Waals surface area contributed by atoms with Gasteiger partial charge in [-0.25, -0.2) is 0 Å². The number of pyridine rings is 1. The van der Waals surface area contributed by atoms with Gasteiger partial charge in [-0.1, -0.05) is 12.1 Å². The van der Waals surface area contributed by atoms with Gasteiger partial charge < -0.3 is 15.4 Å². The SMILES string of the molecule is CN(C(=O)CCOc1ccccc1N)c1ccncc1. The summed E-state index contributed by atoms with van der Waals surface area (Å²) in [6.07, 6.45) is 3.59. The van der Waals surface area contributed by atoms with Crippen molar-refractivity contribution >= 4 is 17.3 Å². The minimum Gasteiger partial charge on any atom is -0.491 e. The van der Waals surface area contributed by atoms with E-state index in [0.717, 1.165) is 5.69 Å². The molecule has 2 aromatic rings.